The Hall–Kier alpha value is -1.46. The Morgan fingerprint density at radius 3 is 2.42 bits per heavy atom. The van der Waals surface area contributed by atoms with Crippen molar-refractivity contribution in [2.24, 2.45) is 5.73 Å². The molecule has 0 rings (SSSR count). The van der Waals surface area contributed by atoms with Gasteiger partial charge in [0.05, 0.1) is 6.61 Å². The van der Waals surface area contributed by atoms with Crippen molar-refractivity contribution in [3.63, 3.8) is 0 Å². The second-order valence-corrected chi connectivity index (χ2v) is 1.91. The van der Waals surface area contributed by atoms with Gasteiger partial charge < -0.3 is 10.5 Å². The molecule has 6 nitrogen and oxygen atoms in total. The number of nitrogens with two attached hydrogens (primary N) is 1. The molecule has 0 aromatic heterocycles. The number of amides is 3. The van der Waals surface area contributed by atoms with Gasteiger partial charge in [0.25, 0.3) is 0 Å². The molecule has 0 fully saturated rings. The van der Waals surface area contributed by atoms with E-state index in [1.807, 2.05) is 0 Å². The average molecular weight is 175 g/mol. The van der Waals surface area contributed by atoms with Crippen LogP contribution < -0.4 is 11.2 Å². The molecular weight excluding hydrogens is 162 g/mol. The van der Waals surface area contributed by atoms with Crippen LogP contribution in [-0.2, 0) is 4.74 Å². The van der Waals surface area contributed by atoms with Crippen LogP contribution in [0.5, 0.6) is 0 Å². The zero-order chi connectivity index (χ0) is 9.56. The number of hydrazine groups is 1. The predicted octanol–water partition coefficient (Wildman–Crippen LogP) is 0.0481. The summed E-state index contributed by atoms with van der Waals surface area (Å²) in [4.78, 5) is 21.3. The summed E-state index contributed by atoms with van der Waals surface area (Å²) in [6.45, 7) is 3.90. The highest BCUT2D eigenvalue weighted by Gasteiger charge is 2.10. The van der Waals surface area contributed by atoms with Gasteiger partial charge in [0.2, 0.25) is 0 Å². The highest BCUT2D eigenvalue weighted by molar-refractivity contribution is 5.76. The summed E-state index contributed by atoms with van der Waals surface area (Å²) < 4.78 is 4.52. The van der Waals surface area contributed by atoms with Crippen molar-refractivity contribution in [1.29, 1.82) is 0 Å². The van der Waals surface area contributed by atoms with Crippen LogP contribution >= 0.6 is 0 Å². The van der Waals surface area contributed by atoms with Gasteiger partial charge in [0.15, 0.2) is 0 Å². The lowest BCUT2D eigenvalue weighted by Gasteiger charge is -2.17. The first-order chi connectivity index (χ1) is 5.61. The standard InChI is InChI=1S/C6H13N3O3/c1-3-9(5(7)10)8-6(11)12-4-2/h3-4H2,1-2H3,(H2,7,10)(H,8,11). The summed E-state index contributed by atoms with van der Waals surface area (Å²) >= 11 is 0. The molecule has 0 saturated carbocycles. The van der Waals surface area contributed by atoms with Gasteiger partial charge in [-0.2, -0.15) is 0 Å². The number of carbonyl (C=O) groups excluding carboxylic acids is 2. The van der Waals surface area contributed by atoms with Crippen LogP contribution in [0.1, 0.15) is 13.8 Å². The van der Waals surface area contributed by atoms with Gasteiger partial charge in [0.1, 0.15) is 0 Å². The molecule has 0 radical (unpaired) electrons. The number of ether oxygens (including phenoxy) is 1. The molecule has 0 unspecified atom stereocenters. The van der Waals surface area contributed by atoms with Gasteiger partial charge in [-0.05, 0) is 13.8 Å². The molecule has 3 amide bonds. The Labute approximate surface area is 70.6 Å². The maximum atomic E-state index is 10.7. The largest absolute Gasteiger partial charge is 0.449 e. The molecule has 6 heteroatoms. The highest BCUT2D eigenvalue weighted by atomic mass is 16.6. The predicted molar refractivity (Wildman–Crippen MR) is 42.1 cm³/mol. The van der Waals surface area contributed by atoms with Crippen molar-refractivity contribution >= 4 is 12.1 Å². The Morgan fingerprint density at radius 1 is 1.50 bits per heavy atom. The van der Waals surface area contributed by atoms with E-state index in [2.05, 4.69) is 10.2 Å². The van der Waals surface area contributed by atoms with Crippen LogP contribution in [0.4, 0.5) is 9.59 Å². The van der Waals surface area contributed by atoms with Crippen LogP contribution in [0.15, 0.2) is 0 Å². The number of nitrogens with one attached hydrogen (secondary N) is 1. The van der Waals surface area contributed by atoms with Crippen molar-refractivity contribution < 1.29 is 14.3 Å². The number of nitrogens with zero attached hydrogens (tertiary/aromatic N) is 1. The van der Waals surface area contributed by atoms with Crippen molar-refractivity contribution in [2.75, 3.05) is 13.2 Å². The van der Waals surface area contributed by atoms with Crippen molar-refractivity contribution in [3.05, 3.63) is 0 Å². The second-order valence-electron chi connectivity index (χ2n) is 1.91. The number of rotatable bonds is 2. The smallest absolute Gasteiger partial charge is 0.426 e. The van der Waals surface area contributed by atoms with E-state index in [0.717, 1.165) is 5.01 Å². The van der Waals surface area contributed by atoms with E-state index in [4.69, 9.17) is 5.73 Å². The zero-order valence-electron chi connectivity index (χ0n) is 7.16. The van der Waals surface area contributed by atoms with Crippen LogP contribution in [0.25, 0.3) is 0 Å². The minimum absolute atomic E-state index is 0.252. The van der Waals surface area contributed by atoms with Gasteiger partial charge >= 0.3 is 12.1 Å². The molecule has 0 aliphatic heterocycles. The van der Waals surface area contributed by atoms with Gasteiger partial charge in [-0.25, -0.2) is 20.0 Å². The Kier molecular flexibility index (Phi) is 4.59. The topological polar surface area (TPSA) is 84.7 Å². The fourth-order valence-corrected chi connectivity index (χ4v) is 0.564. The van der Waals surface area contributed by atoms with Crippen LogP contribution in [0.3, 0.4) is 0 Å². The molecule has 0 atom stereocenters. The minimum atomic E-state index is -0.717. The fraction of sp³-hybridized carbons (Fsp3) is 0.667. The van der Waals surface area contributed by atoms with Crippen LogP contribution in [0, 0.1) is 0 Å². The minimum Gasteiger partial charge on any atom is -0.449 e. The summed E-state index contributed by atoms with van der Waals surface area (Å²) in [6, 6.07) is -0.717. The van der Waals surface area contributed by atoms with E-state index >= 15 is 0 Å². The third kappa shape index (κ3) is 3.65. The molecule has 70 valence electrons. The molecule has 0 bridgehead atoms. The van der Waals surface area contributed by atoms with Crippen molar-refractivity contribution in [3.8, 4) is 0 Å². The maximum absolute atomic E-state index is 10.7. The SMILES string of the molecule is CCOC(=O)NN(CC)C(N)=O. The fourth-order valence-electron chi connectivity index (χ4n) is 0.564. The summed E-state index contributed by atoms with van der Waals surface area (Å²) in [6.07, 6.45) is -0.682. The van der Waals surface area contributed by atoms with Crippen molar-refractivity contribution in [2.45, 2.75) is 13.8 Å². The lowest BCUT2D eigenvalue weighted by molar-refractivity contribution is 0.120. The number of hydrogen-bond acceptors (Lipinski definition) is 3. The monoisotopic (exact) mass is 175 g/mol. The molecule has 0 aromatic rings. The van der Waals surface area contributed by atoms with E-state index in [9.17, 15) is 9.59 Å². The zero-order valence-corrected chi connectivity index (χ0v) is 7.16. The first kappa shape index (κ1) is 10.5. The Morgan fingerprint density at radius 2 is 2.08 bits per heavy atom. The van der Waals surface area contributed by atoms with Crippen molar-refractivity contribution in [1.82, 2.24) is 10.4 Å². The third-order valence-electron chi connectivity index (χ3n) is 1.08. The molecule has 0 saturated heterocycles. The summed E-state index contributed by atoms with van der Waals surface area (Å²) in [5.41, 5.74) is 7.07. The van der Waals surface area contributed by atoms with Crippen LogP contribution in [0.2, 0.25) is 0 Å². The molecule has 0 aromatic carbocycles. The Balaban J connectivity index is 3.85. The summed E-state index contributed by atoms with van der Waals surface area (Å²) in [5.74, 6) is 0. The van der Waals surface area contributed by atoms with E-state index in [1.165, 1.54) is 0 Å². The molecule has 0 heterocycles. The molecule has 3 N–H and O–H groups in total. The van der Waals surface area contributed by atoms with E-state index in [0.29, 0.717) is 6.54 Å². The highest BCUT2D eigenvalue weighted by Crippen LogP contribution is 1.83. The summed E-state index contributed by atoms with van der Waals surface area (Å²) in [7, 11) is 0. The first-order valence-corrected chi connectivity index (χ1v) is 3.62. The van der Waals surface area contributed by atoms with E-state index in [-0.39, 0.29) is 6.61 Å². The lowest BCUT2D eigenvalue weighted by atomic mass is 10.7. The quantitative estimate of drug-likeness (QED) is 0.581. The van der Waals surface area contributed by atoms with Gasteiger partial charge in [-0.15, -0.1) is 0 Å². The lowest BCUT2D eigenvalue weighted by Crippen LogP contribution is -2.48. The van der Waals surface area contributed by atoms with Gasteiger partial charge in [-0.1, -0.05) is 0 Å². The third-order valence-corrected chi connectivity index (χ3v) is 1.08. The Bertz CT molecular complexity index is 171. The van der Waals surface area contributed by atoms with Crippen LogP contribution in [-0.4, -0.2) is 30.3 Å². The number of primary amides is 1. The molecule has 12 heavy (non-hydrogen) atoms. The molecule has 0 spiro atoms. The van der Waals surface area contributed by atoms with E-state index in [1.54, 1.807) is 13.8 Å². The number of urea groups is 1. The normalized spacial score (nSPS) is 8.83. The summed E-state index contributed by atoms with van der Waals surface area (Å²) in [5, 5.41) is 0.956. The van der Waals surface area contributed by atoms with Gasteiger partial charge in [-0.3, -0.25) is 0 Å². The molecule has 0 aliphatic rings. The second kappa shape index (κ2) is 5.22. The number of hydrogen-bond donors (Lipinski definition) is 2. The first-order valence-electron chi connectivity index (χ1n) is 3.62. The molecular formula is C6H13N3O3. The maximum Gasteiger partial charge on any atom is 0.426 e. The molecule has 0 aliphatic carbocycles. The number of carbonyl (C=O) groups is 2. The van der Waals surface area contributed by atoms with E-state index < -0.39 is 12.1 Å². The average Bonchev–Trinajstić information content (AvgIpc) is 2.00. The van der Waals surface area contributed by atoms with Gasteiger partial charge in [0, 0.05) is 6.54 Å².